The van der Waals surface area contributed by atoms with Gasteiger partial charge in [0.05, 0.1) is 11.3 Å². The van der Waals surface area contributed by atoms with Gasteiger partial charge in [-0.3, -0.25) is 9.78 Å². The molecule has 0 aromatic carbocycles. The summed E-state index contributed by atoms with van der Waals surface area (Å²) in [6.45, 7) is 5.00. The molecule has 4 heteroatoms. The van der Waals surface area contributed by atoms with E-state index < -0.39 is 0 Å². The lowest BCUT2D eigenvalue weighted by molar-refractivity contribution is 0.0951. The summed E-state index contributed by atoms with van der Waals surface area (Å²) in [4.78, 5) is 16.2. The molecule has 3 nitrogen and oxygen atoms in total. The summed E-state index contributed by atoms with van der Waals surface area (Å²) < 4.78 is 0. The van der Waals surface area contributed by atoms with Crippen molar-refractivity contribution < 1.29 is 4.79 Å². The Kier molecular flexibility index (Phi) is 4.68. The molecule has 0 aliphatic rings. The molecule has 2 heterocycles. The van der Waals surface area contributed by atoms with Gasteiger partial charge in [-0.05, 0) is 35.9 Å². The average molecular weight is 274 g/mol. The van der Waals surface area contributed by atoms with Crippen LogP contribution in [-0.2, 0) is 0 Å². The molecule has 0 saturated carbocycles. The Morgan fingerprint density at radius 1 is 1.37 bits per heavy atom. The van der Waals surface area contributed by atoms with E-state index in [0.717, 1.165) is 17.7 Å². The minimum Gasteiger partial charge on any atom is -0.352 e. The Hall–Kier alpha value is -1.68. The normalized spacial score (nSPS) is 10.7. The van der Waals surface area contributed by atoms with Crippen LogP contribution in [0.15, 0.2) is 35.2 Å². The van der Waals surface area contributed by atoms with Gasteiger partial charge in [0.25, 0.3) is 5.91 Å². The van der Waals surface area contributed by atoms with E-state index in [4.69, 9.17) is 0 Å². The van der Waals surface area contributed by atoms with Crippen molar-refractivity contribution in [3.63, 3.8) is 0 Å². The van der Waals surface area contributed by atoms with Gasteiger partial charge in [-0.25, -0.2) is 0 Å². The largest absolute Gasteiger partial charge is 0.352 e. The SMILES string of the molecule is CC(C)CCNC(=O)c1ccc(-c2ccsc2)nc1. The summed E-state index contributed by atoms with van der Waals surface area (Å²) >= 11 is 1.64. The van der Waals surface area contributed by atoms with Crippen molar-refractivity contribution in [1.82, 2.24) is 10.3 Å². The van der Waals surface area contributed by atoms with E-state index in [1.54, 1.807) is 17.5 Å². The second-order valence-electron chi connectivity index (χ2n) is 4.88. The van der Waals surface area contributed by atoms with Crippen LogP contribution in [0.1, 0.15) is 30.6 Å². The number of nitrogens with zero attached hydrogens (tertiary/aromatic N) is 1. The number of carbonyl (C=O) groups is 1. The third-order valence-electron chi connectivity index (χ3n) is 2.85. The molecule has 0 spiro atoms. The zero-order chi connectivity index (χ0) is 13.7. The number of amides is 1. The molecule has 1 N–H and O–H groups in total. The van der Waals surface area contributed by atoms with Crippen LogP contribution in [0.25, 0.3) is 11.3 Å². The van der Waals surface area contributed by atoms with Crippen LogP contribution in [0.5, 0.6) is 0 Å². The van der Waals surface area contributed by atoms with E-state index >= 15 is 0 Å². The first-order chi connectivity index (χ1) is 9.16. The maximum absolute atomic E-state index is 11.9. The van der Waals surface area contributed by atoms with Crippen LogP contribution < -0.4 is 5.32 Å². The van der Waals surface area contributed by atoms with E-state index in [2.05, 4.69) is 24.1 Å². The molecule has 2 aromatic heterocycles. The first-order valence-corrected chi connectivity index (χ1v) is 7.38. The van der Waals surface area contributed by atoms with Crippen molar-refractivity contribution in [3.8, 4) is 11.3 Å². The van der Waals surface area contributed by atoms with Crippen molar-refractivity contribution in [1.29, 1.82) is 0 Å². The Morgan fingerprint density at radius 2 is 2.21 bits per heavy atom. The molecular weight excluding hydrogens is 256 g/mol. The molecular formula is C15H18N2OS. The predicted molar refractivity (Wildman–Crippen MR) is 79.3 cm³/mol. The Labute approximate surface area is 117 Å². The van der Waals surface area contributed by atoms with Gasteiger partial charge in [-0.1, -0.05) is 13.8 Å². The summed E-state index contributed by atoms with van der Waals surface area (Å²) in [5.41, 5.74) is 2.61. The third kappa shape index (κ3) is 3.89. The number of pyridine rings is 1. The summed E-state index contributed by atoms with van der Waals surface area (Å²) in [6.07, 6.45) is 2.63. The monoisotopic (exact) mass is 274 g/mol. The van der Waals surface area contributed by atoms with Crippen molar-refractivity contribution in [2.75, 3.05) is 6.54 Å². The lowest BCUT2D eigenvalue weighted by Gasteiger charge is -2.07. The number of hydrogen-bond donors (Lipinski definition) is 1. The molecule has 100 valence electrons. The summed E-state index contributed by atoms with van der Waals surface area (Å²) in [6, 6.07) is 5.74. The molecule has 0 aliphatic heterocycles. The molecule has 2 rings (SSSR count). The van der Waals surface area contributed by atoms with Crippen molar-refractivity contribution in [3.05, 3.63) is 40.7 Å². The van der Waals surface area contributed by atoms with Crippen LogP contribution in [0.3, 0.4) is 0 Å². The lowest BCUT2D eigenvalue weighted by Crippen LogP contribution is -2.25. The highest BCUT2D eigenvalue weighted by Crippen LogP contribution is 2.19. The number of carbonyl (C=O) groups excluding carboxylic acids is 1. The topological polar surface area (TPSA) is 42.0 Å². The van der Waals surface area contributed by atoms with E-state index in [0.29, 0.717) is 18.0 Å². The summed E-state index contributed by atoms with van der Waals surface area (Å²) in [5.74, 6) is 0.546. The highest BCUT2D eigenvalue weighted by Gasteiger charge is 2.07. The second-order valence-corrected chi connectivity index (χ2v) is 5.66. The third-order valence-corrected chi connectivity index (χ3v) is 3.53. The van der Waals surface area contributed by atoms with Gasteiger partial charge in [0.2, 0.25) is 0 Å². The second kappa shape index (κ2) is 6.48. The maximum Gasteiger partial charge on any atom is 0.252 e. The molecule has 0 aliphatic carbocycles. The van der Waals surface area contributed by atoms with Gasteiger partial charge < -0.3 is 5.32 Å². The van der Waals surface area contributed by atoms with E-state index in [1.165, 1.54) is 0 Å². The first kappa shape index (κ1) is 13.7. The van der Waals surface area contributed by atoms with Crippen molar-refractivity contribution in [2.24, 2.45) is 5.92 Å². The zero-order valence-corrected chi connectivity index (χ0v) is 12.0. The smallest absolute Gasteiger partial charge is 0.252 e. The van der Waals surface area contributed by atoms with Gasteiger partial charge in [-0.15, -0.1) is 0 Å². The Morgan fingerprint density at radius 3 is 2.79 bits per heavy atom. The highest BCUT2D eigenvalue weighted by atomic mass is 32.1. The first-order valence-electron chi connectivity index (χ1n) is 6.43. The standard InChI is InChI=1S/C15H18N2OS/c1-11(2)5-7-16-15(18)12-3-4-14(17-9-12)13-6-8-19-10-13/h3-4,6,8-11H,5,7H2,1-2H3,(H,16,18). The minimum atomic E-state index is -0.0509. The fraction of sp³-hybridized carbons (Fsp3) is 0.333. The van der Waals surface area contributed by atoms with E-state index in [-0.39, 0.29) is 5.91 Å². The van der Waals surface area contributed by atoms with Crippen LogP contribution >= 0.6 is 11.3 Å². The molecule has 2 aromatic rings. The van der Waals surface area contributed by atoms with Gasteiger partial charge in [0.1, 0.15) is 0 Å². The van der Waals surface area contributed by atoms with Crippen molar-refractivity contribution in [2.45, 2.75) is 20.3 Å². The molecule has 1 amide bonds. The fourth-order valence-electron chi connectivity index (χ4n) is 1.69. The van der Waals surface area contributed by atoms with Gasteiger partial charge in [0.15, 0.2) is 0 Å². The lowest BCUT2D eigenvalue weighted by atomic mass is 10.1. The molecule has 0 atom stereocenters. The van der Waals surface area contributed by atoms with Crippen LogP contribution in [0.2, 0.25) is 0 Å². The average Bonchev–Trinajstić information content (AvgIpc) is 2.92. The molecule has 0 saturated heterocycles. The van der Waals surface area contributed by atoms with E-state index in [9.17, 15) is 4.79 Å². The molecule has 0 radical (unpaired) electrons. The molecule has 0 bridgehead atoms. The number of nitrogens with one attached hydrogen (secondary N) is 1. The van der Waals surface area contributed by atoms with Gasteiger partial charge >= 0.3 is 0 Å². The maximum atomic E-state index is 11.9. The van der Waals surface area contributed by atoms with Crippen molar-refractivity contribution >= 4 is 17.2 Å². The summed E-state index contributed by atoms with van der Waals surface area (Å²) in [5, 5.41) is 6.97. The number of rotatable bonds is 5. The minimum absolute atomic E-state index is 0.0509. The molecule has 0 fully saturated rings. The number of hydrogen-bond acceptors (Lipinski definition) is 3. The van der Waals surface area contributed by atoms with Crippen LogP contribution in [0.4, 0.5) is 0 Å². The quantitative estimate of drug-likeness (QED) is 0.905. The Bertz CT molecular complexity index is 518. The number of thiophene rings is 1. The van der Waals surface area contributed by atoms with Gasteiger partial charge in [-0.2, -0.15) is 11.3 Å². The van der Waals surface area contributed by atoms with Crippen LogP contribution in [0, 0.1) is 5.92 Å². The highest BCUT2D eigenvalue weighted by molar-refractivity contribution is 7.08. The number of aromatic nitrogens is 1. The van der Waals surface area contributed by atoms with Gasteiger partial charge in [0, 0.05) is 23.7 Å². The van der Waals surface area contributed by atoms with E-state index in [1.807, 2.05) is 29.0 Å². The molecule has 19 heavy (non-hydrogen) atoms. The zero-order valence-electron chi connectivity index (χ0n) is 11.2. The molecule has 0 unspecified atom stereocenters. The Balaban J connectivity index is 1.96. The predicted octanol–water partition coefficient (Wildman–Crippen LogP) is 3.59. The van der Waals surface area contributed by atoms with Crippen LogP contribution in [-0.4, -0.2) is 17.4 Å². The summed E-state index contributed by atoms with van der Waals surface area (Å²) in [7, 11) is 0. The fourth-order valence-corrected chi connectivity index (χ4v) is 2.34.